The molecular formula is C25H22N4O5. The van der Waals surface area contributed by atoms with Gasteiger partial charge in [-0.2, -0.15) is 0 Å². The molecule has 9 nitrogen and oxygen atoms in total. The third-order valence-electron chi connectivity index (χ3n) is 5.89. The largest absolute Gasteiger partial charge is 0.501 e. The predicted molar refractivity (Wildman–Crippen MR) is 128 cm³/mol. The zero-order chi connectivity index (χ0) is 24.1. The molecule has 0 saturated heterocycles. The van der Waals surface area contributed by atoms with Gasteiger partial charge in [0.1, 0.15) is 28.7 Å². The lowest BCUT2D eigenvalue weighted by Gasteiger charge is -2.06. The van der Waals surface area contributed by atoms with E-state index in [0.717, 1.165) is 22.2 Å². The van der Waals surface area contributed by atoms with Crippen LogP contribution in [0.15, 0.2) is 62.5 Å². The first-order chi connectivity index (χ1) is 16.3. The summed E-state index contributed by atoms with van der Waals surface area (Å²) in [6.07, 6.45) is 0. The van der Waals surface area contributed by atoms with Gasteiger partial charge in [-0.25, -0.2) is 9.78 Å². The molecule has 2 aromatic carbocycles. The van der Waals surface area contributed by atoms with Crippen molar-refractivity contribution < 1.29 is 14.3 Å². The van der Waals surface area contributed by atoms with Crippen molar-refractivity contribution in [3.05, 3.63) is 75.0 Å². The van der Waals surface area contributed by atoms with Crippen LogP contribution in [0.25, 0.3) is 45.1 Å². The van der Waals surface area contributed by atoms with Gasteiger partial charge < -0.3 is 19.2 Å². The number of fused-ring (bicyclic) bond motifs is 1. The maximum atomic E-state index is 12.3. The maximum absolute atomic E-state index is 12.3. The SMILES string of the molecule is COc1ccc(-c2nc(-c3ccc4c(c3)n(C)c(=O)n4C)[nH]c2-c2oc(C)cc(=O)c2O)cc1. The van der Waals surface area contributed by atoms with Crippen molar-refractivity contribution in [2.24, 2.45) is 14.1 Å². The van der Waals surface area contributed by atoms with Gasteiger partial charge in [0.05, 0.1) is 18.1 Å². The molecule has 0 saturated carbocycles. The number of H-pyrrole nitrogens is 1. The quantitative estimate of drug-likeness (QED) is 0.425. The number of benzene rings is 2. The summed E-state index contributed by atoms with van der Waals surface area (Å²) in [5.74, 6) is 1.03. The summed E-state index contributed by atoms with van der Waals surface area (Å²) in [7, 11) is 5.02. The van der Waals surface area contributed by atoms with Gasteiger partial charge in [-0.1, -0.05) is 0 Å². The molecule has 0 atom stereocenters. The van der Waals surface area contributed by atoms with Gasteiger partial charge in [-0.05, 0) is 49.4 Å². The molecular weight excluding hydrogens is 436 g/mol. The Morgan fingerprint density at radius 3 is 2.35 bits per heavy atom. The molecule has 3 aromatic heterocycles. The number of methoxy groups -OCH3 is 1. The van der Waals surface area contributed by atoms with E-state index in [0.29, 0.717) is 28.7 Å². The Morgan fingerprint density at radius 1 is 0.971 bits per heavy atom. The van der Waals surface area contributed by atoms with Crippen molar-refractivity contribution in [3.63, 3.8) is 0 Å². The summed E-state index contributed by atoms with van der Waals surface area (Å²) < 4.78 is 14.1. The molecule has 0 bridgehead atoms. The number of hydrogen-bond donors (Lipinski definition) is 2. The number of ether oxygens (including phenoxy) is 1. The van der Waals surface area contributed by atoms with E-state index < -0.39 is 11.2 Å². The van der Waals surface area contributed by atoms with Crippen LogP contribution < -0.4 is 15.9 Å². The van der Waals surface area contributed by atoms with Crippen molar-refractivity contribution in [1.29, 1.82) is 0 Å². The number of nitrogens with one attached hydrogen (secondary N) is 1. The molecule has 3 heterocycles. The van der Waals surface area contributed by atoms with Gasteiger partial charge in [-0.3, -0.25) is 13.9 Å². The summed E-state index contributed by atoms with van der Waals surface area (Å²) in [5.41, 5.74) is 3.18. The lowest BCUT2D eigenvalue weighted by molar-refractivity contribution is 0.415. The standard InChI is InChI=1S/C25H22N4O5/c1-13-11-19(30)22(31)23(34-13)21-20(14-5-8-16(33-4)9-6-14)26-24(27-21)15-7-10-17-18(12-15)29(3)25(32)28(17)2/h5-12,31H,1-4H3,(H,26,27). The van der Waals surface area contributed by atoms with Gasteiger partial charge in [0.15, 0.2) is 5.76 Å². The van der Waals surface area contributed by atoms with Crippen molar-refractivity contribution in [1.82, 2.24) is 19.1 Å². The van der Waals surface area contributed by atoms with Crippen molar-refractivity contribution in [3.8, 4) is 45.6 Å². The van der Waals surface area contributed by atoms with Gasteiger partial charge in [0.2, 0.25) is 11.2 Å². The van der Waals surface area contributed by atoms with E-state index in [-0.39, 0.29) is 11.4 Å². The fourth-order valence-electron chi connectivity index (χ4n) is 4.06. The number of nitrogens with zero attached hydrogens (tertiary/aromatic N) is 3. The van der Waals surface area contributed by atoms with E-state index >= 15 is 0 Å². The molecule has 0 spiro atoms. The second-order valence-electron chi connectivity index (χ2n) is 8.04. The Morgan fingerprint density at radius 2 is 1.65 bits per heavy atom. The maximum Gasteiger partial charge on any atom is 0.328 e. The number of imidazole rings is 2. The first-order valence-electron chi connectivity index (χ1n) is 10.5. The van der Waals surface area contributed by atoms with Gasteiger partial charge in [0.25, 0.3) is 0 Å². The summed E-state index contributed by atoms with van der Waals surface area (Å²) in [6.45, 7) is 1.64. The molecule has 0 radical (unpaired) electrons. The highest BCUT2D eigenvalue weighted by molar-refractivity contribution is 5.85. The zero-order valence-electron chi connectivity index (χ0n) is 19.0. The van der Waals surface area contributed by atoms with Crippen LogP contribution in [0.2, 0.25) is 0 Å². The molecule has 0 fully saturated rings. The molecule has 5 rings (SSSR count). The number of aromatic hydroxyl groups is 1. The van der Waals surface area contributed by atoms with E-state index in [1.807, 2.05) is 30.3 Å². The number of hydrogen-bond acceptors (Lipinski definition) is 6. The van der Waals surface area contributed by atoms with Gasteiger partial charge in [0, 0.05) is 31.3 Å². The summed E-state index contributed by atoms with van der Waals surface area (Å²) in [6, 6.07) is 14.1. The van der Waals surface area contributed by atoms with Crippen molar-refractivity contribution in [2.45, 2.75) is 6.92 Å². The van der Waals surface area contributed by atoms with Crippen LogP contribution in [0.3, 0.4) is 0 Å². The van der Waals surface area contributed by atoms with Crippen molar-refractivity contribution in [2.75, 3.05) is 7.11 Å². The van der Waals surface area contributed by atoms with E-state index in [9.17, 15) is 14.7 Å². The topological polar surface area (TPSA) is 115 Å². The average molecular weight is 458 g/mol. The van der Waals surface area contributed by atoms with Crippen LogP contribution in [0, 0.1) is 6.92 Å². The Bertz CT molecular complexity index is 1670. The number of rotatable bonds is 4. The highest BCUT2D eigenvalue weighted by Gasteiger charge is 2.22. The smallest absolute Gasteiger partial charge is 0.328 e. The first kappa shape index (κ1) is 21.3. The monoisotopic (exact) mass is 458 g/mol. The molecule has 9 heteroatoms. The fraction of sp³-hybridized carbons (Fsp3) is 0.160. The molecule has 172 valence electrons. The second kappa shape index (κ2) is 7.80. The minimum absolute atomic E-state index is 0.00255. The van der Waals surface area contributed by atoms with Crippen LogP contribution >= 0.6 is 0 Å². The molecule has 5 aromatic rings. The Kier molecular flexibility index (Phi) is 4.89. The number of aryl methyl sites for hydroxylation is 3. The predicted octanol–water partition coefficient (Wildman–Crippen LogP) is 3.58. The fourth-order valence-corrected chi connectivity index (χ4v) is 4.06. The molecule has 34 heavy (non-hydrogen) atoms. The van der Waals surface area contributed by atoms with Crippen LogP contribution in [0.1, 0.15) is 5.76 Å². The molecule has 0 aliphatic heterocycles. The van der Waals surface area contributed by atoms with E-state index in [4.69, 9.17) is 14.1 Å². The number of aromatic amines is 1. The van der Waals surface area contributed by atoms with Gasteiger partial charge in [-0.15, -0.1) is 0 Å². The minimum atomic E-state index is -0.545. The summed E-state index contributed by atoms with van der Waals surface area (Å²) in [4.78, 5) is 32.6. The molecule has 0 amide bonds. The lowest BCUT2D eigenvalue weighted by atomic mass is 10.1. The van der Waals surface area contributed by atoms with E-state index in [2.05, 4.69) is 4.98 Å². The van der Waals surface area contributed by atoms with E-state index in [1.54, 1.807) is 49.4 Å². The van der Waals surface area contributed by atoms with Crippen LogP contribution in [0.5, 0.6) is 11.5 Å². The zero-order valence-corrected chi connectivity index (χ0v) is 19.0. The van der Waals surface area contributed by atoms with Crippen molar-refractivity contribution >= 4 is 11.0 Å². The van der Waals surface area contributed by atoms with Crippen LogP contribution in [-0.4, -0.2) is 31.3 Å². The van der Waals surface area contributed by atoms with Gasteiger partial charge >= 0.3 is 5.69 Å². The number of aromatic nitrogens is 4. The second-order valence-corrected chi connectivity index (χ2v) is 8.04. The highest BCUT2D eigenvalue weighted by Crippen LogP contribution is 2.37. The van der Waals surface area contributed by atoms with Crippen LogP contribution in [-0.2, 0) is 14.1 Å². The normalized spacial score (nSPS) is 11.3. The summed E-state index contributed by atoms with van der Waals surface area (Å²) >= 11 is 0. The summed E-state index contributed by atoms with van der Waals surface area (Å²) in [5, 5.41) is 10.5. The Labute approximate surface area is 193 Å². The molecule has 0 unspecified atom stereocenters. The highest BCUT2D eigenvalue weighted by atomic mass is 16.5. The minimum Gasteiger partial charge on any atom is -0.501 e. The Hall–Kier alpha value is -4.53. The third kappa shape index (κ3) is 3.29. The van der Waals surface area contributed by atoms with E-state index in [1.165, 1.54) is 6.07 Å². The first-order valence-corrected chi connectivity index (χ1v) is 10.5. The molecule has 0 aliphatic rings. The molecule has 2 N–H and O–H groups in total. The lowest BCUT2D eigenvalue weighted by Crippen LogP contribution is -2.19. The Balaban J connectivity index is 1.76. The molecule has 0 aliphatic carbocycles. The van der Waals surface area contributed by atoms with Crippen LogP contribution in [0.4, 0.5) is 0 Å². The third-order valence-corrected chi connectivity index (χ3v) is 5.89. The average Bonchev–Trinajstić information content (AvgIpc) is 3.37.